The van der Waals surface area contributed by atoms with E-state index in [0.29, 0.717) is 12.5 Å². The highest BCUT2D eigenvalue weighted by atomic mass is 16.2. The third-order valence-corrected chi connectivity index (χ3v) is 3.76. The van der Waals surface area contributed by atoms with Crippen molar-refractivity contribution in [3.63, 3.8) is 0 Å². The maximum absolute atomic E-state index is 11.6. The highest BCUT2D eigenvalue weighted by molar-refractivity contribution is 5.87. The van der Waals surface area contributed by atoms with Crippen LogP contribution in [0.1, 0.15) is 49.2 Å². The topological polar surface area (TPSA) is 61.9 Å². The Labute approximate surface area is 106 Å². The number of nitrogens with zero attached hydrogens (tertiary/aromatic N) is 3. The van der Waals surface area contributed by atoms with Crippen LogP contribution in [0.3, 0.4) is 0 Å². The summed E-state index contributed by atoms with van der Waals surface area (Å²) in [5.41, 5.74) is 0. The summed E-state index contributed by atoms with van der Waals surface area (Å²) in [6, 6.07) is 0. The molecular formula is C13H18N4O. The minimum Gasteiger partial charge on any atom is -0.338 e. The molecule has 1 amide bonds. The SMILES string of the molecule is C=CC(=O)N1CCCC(c2n[nH]c(C3CC3)n2)C1. The normalized spacial score (nSPS) is 24.0. The van der Waals surface area contributed by atoms with Gasteiger partial charge in [-0.05, 0) is 31.8 Å². The minimum atomic E-state index is 0.0117. The third kappa shape index (κ3) is 2.17. The standard InChI is InChI=1S/C13H18N4O/c1-2-11(18)17-7-3-4-10(8-17)13-14-12(15-16-13)9-5-6-9/h2,9-10H,1,3-8H2,(H,14,15,16). The van der Waals surface area contributed by atoms with Crippen molar-refractivity contribution in [1.82, 2.24) is 20.1 Å². The van der Waals surface area contributed by atoms with Gasteiger partial charge in [-0.2, -0.15) is 5.10 Å². The van der Waals surface area contributed by atoms with Crippen molar-refractivity contribution in [3.8, 4) is 0 Å². The fourth-order valence-corrected chi connectivity index (χ4v) is 2.53. The highest BCUT2D eigenvalue weighted by Crippen LogP contribution is 2.38. The van der Waals surface area contributed by atoms with Gasteiger partial charge in [-0.1, -0.05) is 6.58 Å². The van der Waals surface area contributed by atoms with Crippen molar-refractivity contribution < 1.29 is 4.79 Å². The Hall–Kier alpha value is -1.65. The van der Waals surface area contributed by atoms with E-state index in [-0.39, 0.29) is 11.8 Å². The monoisotopic (exact) mass is 246 g/mol. The van der Waals surface area contributed by atoms with Crippen LogP contribution < -0.4 is 0 Å². The van der Waals surface area contributed by atoms with E-state index >= 15 is 0 Å². The van der Waals surface area contributed by atoms with Gasteiger partial charge in [-0.25, -0.2) is 4.98 Å². The summed E-state index contributed by atoms with van der Waals surface area (Å²) in [4.78, 5) is 18.1. The summed E-state index contributed by atoms with van der Waals surface area (Å²) in [5, 5.41) is 7.36. The van der Waals surface area contributed by atoms with Crippen LogP contribution in [0.4, 0.5) is 0 Å². The summed E-state index contributed by atoms with van der Waals surface area (Å²) in [7, 11) is 0. The van der Waals surface area contributed by atoms with Gasteiger partial charge in [0.05, 0.1) is 0 Å². The maximum atomic E-state index is 11.6. The lowest BCUT2D eigenvalue weighted by Gasteiger charge is -2.30. The highest BCUT2D eigenvalue weighted by Gasteiger charge is 2.30. The molecule has 5 heteroatoms. The van der Waals surface area contributed by atoms with Gasteiger partial charge in [0.1, 0.15) is 5.82 Å². The van der Waals surface area contributed by atoms with Gasteiger partial charge in [0, 0.05) is 24.9 Å². The van der Waals surface area contributed by atoms with E-state index in [1.807, 2.05) is 4.90 Å². The summed E-state index contributed by atoms with van der Waals surface area (Å²) >= 11 is 0. The second-order valence-corrected chi connectivity index (χ2v) is 5.18. The van der Waals surface area contributed by atoms with Gasteiger partial charge in [-0.3, -0.25) is 9.89 Å². The van der Waals surface area contributed by atoms with Crippen LogP contribution in [0, 0.1) is 0 Å². The lowest BCUT2D eigenvalue weighted by atomic mass is 9.97. The van der Waals surface area contributed by atoms with Gasteiger partial charge in [0.25, 0.3) is 0 Å². The zero-order chi connectivity index (χ0) is 12.5. The van der Waals surface area contributed by atoms with Crippen LogP contribution in [-0.2, 0) is 4.79 Å². The first kappa shape index (κ1) is 11.4. The molecule has 1 aromatic rings. The molecule has 1 unspecified atom stereocenters. The Balaban J connectivity index is 1.70. The van der Waals surface area contributed by atoms with Gasteiger partial charge in [-0.15, -0.1) is 0 Å². The lowest BCUT2D eigenvalue weighted by Crippen LogP contribution is -2.38. The molecule has 2 heterocycles. The number of aromatic nitrogens is 3. The molecule has 0 aromatic carbocycles. The van der Waals surface area contributed by atoms with Crippen LogP contribution in [0.2, 0.25) is 0 Å². The number of aromatic amines is 1. The molecule has 5 nitrogen and oxygen atoms in total. The Kier molecular flexibility index (Phi) is 2.89. The summed E-state index contributed by atoms with van der Waals surface area (Å²) in [5.74, 6) is 2.78. The molecular weight excluding hydrogens is 228 g/mol. The third-order valence-electron chi connectivity index (χ3n) is 3.76. The molecule has 1 aliphatic carbocycles. The first-order valence-electron chi connectivity index (χ1n) is 6.61. The van der Waals surface area contributed by atoms with E-state index in [1.165, 1.54) is 18.9 Å². The number of H-pyrrole nitrogens is 1. The average molecular weight is 246 g/mol. The molecule has 1 aliphatic heterocycles. The molecule has 2 aliphatic rings. The van der Waals surface area contributed by atoms with Gasteiger partial charge >= 0.3 is 0 Å². The lowest BCUT2D eigenvalue weighted by molar-refractivity contribution is -0.127. The molecule has 3 rings (SSSR count). The van der Waals surface area contributed by atoms with E-state index in [0.717, 1.165) is 31.0 Å². The van der Waals surface area contributed by atoms with E-state index < -0.39 is 0 Å². The Morgan fingerprint density at radius 3 is 2.94 bits per heavy atom. The number of hydrogen-bond donors (Lipinski definition) is 1. The number of carbonyl (C=O) groups is 1. The molecule has 1 aromatic heterocycles. The number of carbonyl (C=O) groups excluding carboxylic acids is 1. The fourth-order valence-electron chi connectivity index (χ4n) is 2.53. The Morgan fingerprint density at radius 1 is 1.39 bits per heavy atom. The van der Waals surface area contributed by atoms with Crippen LogP contribution in [0.25, 0.3) is 0 Å². The summed E-state index contributed by atoms with van der Waals surface area (Å²) in [6.45, 7) is 5.08. The van der Waals surface area contributed by atoms with E-state index in [9.17, 15) is 4.79 Å². The number of piperidine rings is 1. The number of amides is 1. The van der Waals surface area contributed by atoms with Gasteiger partial charge in [0.15, 0.2) is 5.82 Å². The van der Waals surface area contributed by atoms with Crippen molar-refractivity contribution in [1.29, 1.82) is 0 Å². The quantitative estimate of drug-likeness (QED) is 0.823. The van der Waals surface area contributed by atoms with Crippen LogP contribution >= 0.6 is 0 Å². The predicted octanol–water partition coefficient (Wildman–Crippen LogP) is 1.57. The summed E-state index contributed by atoms with van der Waals surface area (Å²) in [6.07, 6.45) is 5.90. The molecule has 1 saturated carbocycles. The van der Waals surface area contributed by atoms with Crippen molar-refractivity contribution in [2.75, 3.05) is 13.1 Å². The van der Waals surface area contributed by atoms with Crippen LogP contribution in [0.5, 0.6) is 0 Å². The van der Waals surface area contributed by atoms with Crippen molar-refractivity contribution in [2.24, 2.45) is 0 Å². The van der Waals surface area contributed by atoms with Crippen LogP contribution in [0.15, 0.2) is 12.7 Å². The van der Waals surface area contributed by atoms with Crippen LogP contribution in [-0.4, -0.2) is 39.1 Å². The number of nitrogens with one attached hydrogen (secondary N) is 1. The molecule has 1 N–H and O–H groups in total. The Morgan fingerprint density at radius 2 is 2.22 bits per heavy atom. The molecule has 0 bridgehead atoms. The van der Waals surface area contributed by atoms with Crippen molar-refractivity contribution >= 4 is 5.91 Å². The number of hydrogen-bond acceptors (Lipinski definition) is 3. The number of likely N-dealkylation sites (tertiary alicyclic amines) is 1. The fraction of sp³-hybridized carbons (Fsp3) is 0.615. The second kappa shape index (κ2) is 4.55. The zero-order valence-electron chi connectivity index (χ0n) is 10.4. The zero-order valence-corrected chi connectivity index (χ0v) is 10.4. The minimum absolute atomic E-state index is 0.0117. The van der Waals surface area contributed by atoms with Gasteiger partial charge in [0.2, 0.25) is 5.91 Å². The molecule has 18 heavy (non-hydrogen) atoms. The number of rotatable bonds is 3. The molecule has 0 radical (unpaired) electrons. The largest absolute Gasteiger partial charge is 0.338 e. The van der Waals surface area contributed by atoms with E-state index in [2.05, 4.69) is 21.8 Å². The smallest absolute Gasteiger partial charge is 0.245 e. The van der Waals surface area contributed by atoms with Crippen molar-refractivity contribution in [2.45, 2.75) is 37.5 Å². The van der Waals surface area contributed by atoms with E-state index in [4.69, 9.17) is 0 Å². The molecule has 0 spiro atoms. The predicted molar refractivity (Wildman–Crippen MR) is 67.1 cm³/mol. The first-order chi connectivity index (χ1) is 8.78. The molecule has 1 saturated heterocycles. The molecule has 1 atom stereocenters. The van der Waals surface area contributed by atoms with Crippen molar-refractivity contribution in [3.05, 3.63) is 24.3 Å². The first-order valence-corrected chi connectivity index (χ1v) is 6.61. The Bertz CT molecular complexity index is 463. The molecule has 2 fully saturated rings. The molecule has 96 valence electrons. The summed E-state index contributed by atoms with van der Waals surface area (Å²) < 4.78 is 0. The average Bonchev–Trinajstić information content (AvgIpc) is 3.15. The second-order valence-electron chi connectivity index (χ2n) is 5.18. The maximum Gasteiger partial charge on any atom is 0.245 e. The van der Waals surface area contributed by atoms with E-state index in [1.54, 1.807) is 0 Å². The van der Waals surface area contributed by atoms with Gasteiger partial charge < -0.3 is 4.90 Å².